The maximum Gasteiger partial charge on any atom is 0.224 e. The Morgan fingerprint density at radius 1 is 1.00 bits per heavy atom. The lowest BCUT2D eigenvalue weighted by Gasteiger charge is -2.09. The summed E-state index contributed by atoms with van der Waals surface area (Å²) in [5.41, 5.74) is 2.06. The highest BCUT2D eigenvalue weighted by Crippen LogP contribution is 2.18. The van der Waals surface area contributed by atoms with Crippen LogP contribution >= 0.6 is 0 Å². The van der Waals surface area contributed by atoms with Crippen molar-refractivity contribution in [3.05, 3.63) is 60.2 Å². The number of benzene rings is 2. The summed E-state index contributed by atoms with van der Waals surface area (Å²) in [5, 5.41) is 2.95. The molecule has 0 aliphatic carbocycles. The van der Waals surface area contributed by atoms with E-state index in [0.29, 0.717) is 13.0 Å². The van der Waals surface area contributed by atoms with Crippen LogP contribution in [0.15, 0.2) is 54.6 Å². The summed E-state index contributed by atoms with van der Waals surface area (Å²) in [6.07, 6.45) is 5.90. The van der Waals surface area contributed by atoms with Gasteiger partial charge in [0, 0.05) is 24.6 Å². The van der Waals surface area contributed by atoms with Gasteiger partial charge in [-0.2, -0.15) is 0 Å². The molecular weight excluding hydrogens is 298 g/mol. The number of hydrogen-bond donors (Lipinski definition) is 1. The first-order valence-electron chi connectivity index (χ1n) is 8.84. The number of anilines is 1. The van der Waals surface area contributed by atoms with Crippen LogP contribution in [0.3, 0.4) is 0 Å². The van der Waals surface area contributed by atoms with Crippen molar-refractivity contribution in [2.24, 2.45) is 0 Å². The molecule has 0 aliphatic heterocycles. The standard InChI is InChI=1S/C21H27NO2/c1-2-3-4-8-14-21(23)22-19-12-9-13-20(17-19)24-16-15-18-10-6-5-7-11-18/h5-7,9-13,17H,2-4,8,14-16H2,1H3,(H,22,23). The quantitative estimate of drug-likeness (QED) is 0.608. The third-order valence-corrected chi connectivity index (χ3v) is 3.88. The van der Waals surface area contributed by atoms with E-state index in [1.807, 2.05) is 42.5 Å². The zero-order chi connectivity index (χ0) is 17.0. The van der Waals surface area contributed by atoms with E-state index >= 15 is 0 Å². The Morgan fingerprint density at radius 2 is 1.83 bits per heavy atom. The molecule has 0 aromatic heterocycles. The van der Waals surface area contributed by atoms with Crippen molar-refractivity contribution in [2.45, 2.75) is 45.4 Å². The Balaban J connectivity index is 1.75. The highest BCUT2D eigenvalue weighted by molar-refractivity contribution is 5.90. The number of ether oxygens (including phenoxy) is 1. The topological polar surface area (TPSA) is 38.3 Å². The van der Waals surface area contributed by atoms with Gasteiger partial charge in [0.05, 0.1) is 6.61 Å². The van der Waals surface area contributed by atoms with Gasteiger partial charge in [0.2, 0.25) is 5.91 Å². The van der Waals surface area contributed by atoms with Gasteiger partial charge in [0.25, 0.3) is 0 Å². The van der Waals surface area contributed by atoms with Gasteiger partial charge >= 0.3 is 0 Å². The van der Waals surface area contributed by atoms with E-state index in [1.165, 1.54) is 18.4 Å². The minimum absolute atomic E-state index is 0.0764. The Labute approximate surface area is 145 Å². The molecule has 0 bridgehead atoms. The summed E-state index contributed by atoms with van der Waals surface area (Å²) in [5.74, 6) is 0.863. The van der Waals surface area contributed by atoms with Crippen LogP contribution in [0.2, 0.25) is 0 Å². The zero-order valence-electron chi connectivity index (χ0n) is 14.5. The molecule has 128 valence electrons. The van der Waals surface area contributed by atoms with Crippen LogP contribution in [0.1, 0.15) is 44.6 Å². The van der Waals surface area contributed by atoms with Crippen molar-refractivity contribution in [1.82, 2.24) is 0 Å². The maximum atomic E-state index is 11.9. The molecule has 0 saturated carbocycles. The molecule has 1 amide bonds. The molecule has 0 atom stereocenters. The summed E-state index contributed by atoms with van der Waals surface area (Å²) in [4.78, 5) is 11.9. The molecule has 0 radical (unpaired) electrons. The van der Waals surface area contributed by atoms with Crippen molar-refractivity contribution in [1.29, 1.82) is 0 Å². The fourth-order valence-electron chi connectivity index (χ4n) is 2.53. The maximum absolute atomic E-state index is 11.9. The van der Waals surface area contributed by atoms with Crippen molar-refractivity contribution < 1.29 is 9.53 Å². The molecule has 2 aromatic rings. The number of carbonyl (C=O) groups is 1. The Hall–Kier alpha value is -2.29. The smallest absolute Gasteiger partial charge is 0.224 e. The first-order chi connectivity index (χ1) is 11.8. The number of rotatable bonds is 10. The first-order valence-corrected chi connectivity index (χ1v) is 8.84. The molecule has 0 fully saturated rings. The molecule has 3 nitrogen and oxygen atoms in total. The van der Waals surface area contributed by atoms with E-state index in [-0.39, 0.29) is 5.91 Å². The second-order valence-corrected chi connectivity index (χ2v) is 5.97. The van der Waals surface area contributed by atoms with Gasteiger partial charge < -0.3 is 10.1 Å². The van der Waals surface area contributed by atoms with Crippen LogP contribution in [0.5, 0.6) is 5.75 Å². The lowest BCUT2D eigenvalue weighted by molar-refractivity contribution is -0.116. The van der Waals surface area contributed by atoms with Crippen LogP contribution in [-0.4, -0.2) is 12.5 Å². The van der Waals surface area contributed by atoms with Gasteiger partial charge in [-0.1, -0.05) is 62.6 Å². The summed E-state index contributed by atoms with van der Waals surface area (Å²) in [6, 6.07) is 17.9. The molecule has 0 saturated heterocycles. The molecule has 0 unspecified atom stereocenters. The van der Waals surface area contributed by atoms with Gasteiger partial charge in [0.1, 0.15) is 5.75 Å². The van der Waals surface area contributed by atoms with Gasteiger partial charge in [0.15, 0.2) is 0 Å². The van der Waals surface area contributed by atoms with Crippen molar-refractivity contribution in [3.8, 4) is 5.75 Å². The van der Waals surface area contributed by atoms with Crippen molar-refractivity contribution in [3.63, 3.8) is 0 Å². The van der Waals surface area contributed by atoms with Gasteiger partial charge in [-0.05, 0) is 24.1 Å². The average molecular weight is 325 g/mol. The van der Waals surface area contributed by atoms with E-state index in [4.69, 9.17) is 4.74 Å². The van der Waals surface area contributed by atoms with Crippen LogP contribution in [0.25, 0.3) is 0 Å². The van der Waals surface area contributed by atoms with Gasteiger partial charge in [-0.15, -0.1) is 0 Å². The number of nitrogens with one attached hydrogen (secondary N) is 1. The monoisotopic (exact) mass is 325 g/mol. The molecule has 0 heterocycles. The fourth-order valence-corrected chi connectivity index (χ4v) is 2.53. The van der Waals surface area contributed by atoms with Crippen LogP contribution in [0, 0.1) is 0 Å². The van der Waals surface area contributed by atoms with Crippen LogP contribution in [0.4, 0.5) is 5.69 Å². The lowest BCUT2D eigenvalue weighted by Crippen LogP contribution is -2.11. The first kappa shape index (κ1) is 18.1. The van der Waals surface area contributed by atoms with E-state index in [0.717, 1.165) is 30.7 Å². The molecule has 24 heavy (non-hydrogen) atoms. The Bertz CT molecular complexity index is 610. The summed E-state index contributed by atoms with van der Waals surface area (Å²) >= 11 is 0. The molecular formula is C21H27NO2. The van der Waals surface area contributed by atoms with E-state index in [9.17, 15) is 4.79 Å². The minimum atomic E-state index is 0.0764. The van der Waals surface area contributed by atoms with Crippen molar-refractivity contribution >= 4 is 11.6 Å². The highest BCUT2D eigenvalue weighted by atomic mass is 16.5. The summed E-state index contributed by atoms with van der Waals surface area (Å²) in [7, 11) is 0. The van der Waals surface area contributed by atoms with E-state index in [2.05, 4.69) is 24.4 Å². The summed E-state index contributed by atoms with van der Waals surface area (Å²) in [6.45, 7) is 2.79. The third kappa shape index (κ3) is 6.86. The predicted octanol–water partition coefficient (Wildman–Crippen LogP) is 5.22. The molecule has 1 N–H and O–H groups in total. The van der Waals surface area contributed by atoms with Crippen molar-refractivity contribution in [2.75, 3.05) is 11.9 Å². The van der Waals surface area contributed by atoms with E-state index < -0.39 is 0 Å². The normalized spacial score (nSPS) is 10.4. The average Bonchev–Trinajstić information content (AvgIpc) is 2.60. The molecule has 0 aliphatic rings. The molecule has 2 rings (SSSR count). The Kier molecular flexibility index (Phi) is 7.88. The van der Waals surface area contributed by atoms with Crippen LogP contribution < -0.4 is 10.1 Å². The minimum Gasteiger partial charge on any atom is -0.493 e. The SMILES string of the molecule is CCCCCCC(=O)Nc1cccc(OCCc2ccccc2)c1. The van der Waals surface area contributed by atoms with E-state index in [1.54, 1.807) is 0 Å². The Morgan fingerprint density at radius 3 is 2.62 bits per heavy atom. The molecule has 2 aromatic carbocycles. The second kappa shape index (κ2) is 10.5. The predicted molar refractivity (Wildman–Crippen MR) is 99.5 cm³/mol. The lowest BCUT2D eigenvalue weighted by atomic mass is 10.1. The molecule has 0 spiro atoms. The van der Waals surface area contributed by atoms with Crippen LogP contribution in [-0.2, 0) is 11.2 Å². The van der Waals surface area contributed by atoms with Gasteiger partial charge in [-0.25, -0.2) is 0 Å². The number of hydrogen-bond acceptors (Lipinski definition) is 2. The number of unbranched alkanes of at least 4 members (excludes halogenated alkanes) is 3. The third-order valence-electron chi connectivity index (χ3n) is 3.88. The number of amides is 1. The molecule has 3 heteroatoms. The zero-order valence-corrected chi connectivity index (χ0v) is 14.5. The fraction of sp³-hybridized carbons (Fsp3) is 0.381. The highest BCUT2D eigenvalue weighted by Gasteiger charge is 2.03. The van der Waals surface area contributed by atoms with Gasteiger partial charge in [-0.3, -0.25) is 4.79 Å². The summed E-state index contributed by atoms with van der Waals surface area (Å²) < 4.78 is 5.79. The largest absolute Gasteiger partial charge is 0.493 e. The number of carbonyl (C=O) groups excluding carboxylic acids is 1. The second-order valence-electron chi connectivity index (χ2n) is 5.97.